The van der Waals surface area contributed by atoms with Crippen molar-refractivity contribution in [1.82, 2.24) is 4.90 Å². The fourth-order valence-electron chi connectivity index (χ4n) is 5.05. The molecule has 3 aromatic carbocycles. The quantitative estimate of drug-likeness (QED) is 0.281. The number of fused-ring (bicyclic) bond motifs is 1. The SMILES string of the molecule is Clc1ccc(/C=C2\CCCC3=C2N=C2SC=C(c4ccc(Br)cc4)N2C3c2ccc(Cl)cc2Cl)c(Cl)c1. The maximum absolute atomic E-state index is 6.85. The summed E-state index contributed by atoms with van der Waals surface area (Å²) in [7, 11) is 0. The fraction of sp³-hybridized carbons (Fsp3) is 0.138. The Hall–Kier alpha value is -1.66. The molecule has 37 heavy (non-hydrogen) atoms. The van der Waals surface area contributed by atoms with Crippen molar-refractivity contribution in [1.29, 1.82) is 0 Å². The van der Waals surface area contributed by atoms with Crippen LogP contribution in [0.25, 0.3) is 11.8 Å². The maximum atomic E-state index is 6.85. The molecule has 1 aliphatic carbocycles. The summed E-state index contributed by atoms with van der Waals surface area (Å²) in [6.07, 6.45) is 5.01. The second-order valence-electron chi connectivity index (χ2n) is 9.02. The summed E-state index contributed by atoms with van der Waals surface area (Å²) in [5.41, 5.74) is 7.63. The van der Waals surface area contributed by atoms with Gasteiger partial charge in [-0.2, -0.15) is 0 Å². The normalized spacial score (nSPS) is 20.1. The number of halogens is 5. The van der Waals surface area contributed by atoms with Gasteiger partial charge in [-0.05, 0) is 89.6 Å². The number of allylic oxidation sites excluding steroid dienone is 1. The molecule has 186 valence electrons. The Balaban J connectivity index is 1.52. The highest BCUT2D eigenvalue weighted by molar-refractivity contribution is 9.10. The van der Waals surface area contributed by atoms with E-state index in [1.807, 2.05) is 30.3 Å². The van der Waals surface area contributed by atoms with Crippen molar-refractivity contribution in [3.05, 3.63) is 124 Å². The molecule has 3 aromatic rings. The first-order valence-corrected chi connectivity index (χ1v) is 14.9. The maximum Gasteiger partial charge on any atom is 0.174 e. The third kappa shape index (κ3) is 4.93. The summed E-state index contributed by atoms with van der Waals surface area (Å²) >= 11 is 31.0. The van der Waals surface area contributed by atoms with Crippen LogP contribution in [0.5, 0.6) is 0 Å². The van der Waals surface area contributed by atoms with E-state index in [9.17, 15) is 0 Å². The summed E-state index contributed by atoms with van der Waals surface area (Å²) in [5, 5.41) is 5.63. The number of benzene rings is 3. The van der Waals surface area contributed by atoms with E-state index in [0.29, 0.717) is 20.1 Å². The zero-order valence-corrected chi connectivity index (χ0v) is 24.7. The van der Waals surface area contributed by atoms with Crippen LogP contribution in [0, 0.1) is 0 Å². The minimum Gasteiger partial charge on any atom is -0.308 e. The molecular formula is C29H19BrCl4N2S. The number of hydrogen-bond donors (Lipinski definition) is 0. The molecule has 0 saturated heterocycles. The molecule has 2 heterocycles. The molecule has 0 fully saturated rings. The Morgan fingerprint density at radius 1 is 0.892 bits per heavy atom. The van der Waals surface area contributed by atoms with Gasteiger partial charge >= 0.3 is 0 Å². The Labute approximate surface area is 248 Å². The van der Waals surface area contributed by atoms with E-state index in [1.165, 1.54) is 11.1 Å². The molecule has 3 aliphatic rings. The number of hydrogen-bond acceptors (Lipinski definition) is 3. The number of rotatable bonds is 3. The van der Waals surface area contributed by atoms with E-state index in [1.54, 1.807) is 17.8 Å². The van der Waals surface area contributed by atoms with Crippen molar-refractivity contribution in [2.75, 3.05) is 0 Å². The lowest BCUT2D eigenvalue weighted by Crippen LogP contribution is -2.35. The molecule has 1 unspecified atom stereocenters. The fourth-order valence-corrected chi connectivity index (χ4v) is 7.22. The van der Waals surface area contributed by atoms with Gasteiger partial charge in [0.05, 0.1) is 17.4 Å². The number of thioether (sulfide) groups is 1. The molecule has 0 spiro atoms. The highest BCUT2D eigenvalue weighted by Gasteiger charge is 2.41. The van der Waals surface area contributed by atoms with E-state index in [0.717, 1.165) is 57.0 Å². The first-order chi connectivity index (χ1) is 17.9. The van der Waals surface area contributed by atoms with E-state index in [2.05, 4.69) is 56.6 Å². The molecule has 0 N–H and O–H groups in total. The predicted molar refractivity (Wildman–Crippen MR) is 164 cm³/mol. The summed E-state index contributed by atoms with van der Waals surface area (Å²) in [6, 6.07) is 19.6. The second kappa shape index (κ2) is 10.5. The van der Waals surface area contributed by atoms with Gasteiger partial charge in [0.1, 0.15) is 0 Å². The number of amidine groups is 1. The number of aliphatic imine (C=N–C) groups is 1. The van der Waals surface area contributed by atoms with Crippen LogP contribution in [-0.4, -0.2) is 10.1 Å². The predicted octanol–water partition coefficient (Wildman–Crippen LogP) is 11.0. The molecule has 2 aliphatic heterocycles. The van der Waals surface area contributed by atoms with Crippen molar-refractivity contribution in [3.63, 3.8) is 0 Å². The summed E-state index contributed by atoms with van der Waals surface area (Å²) in [4.78, 5) is 7.54. The van der Waals surface area contributed by atoms with E-state index >= 15 is 0 Å². The third-order valence-electron chi connectivity index (χ3n) is 6.73. The highest BCUT2D eigenvalue weighted by atomic mass is 79.9. The second-order valence-corrected chi connectivity index (χ2v) is 12.5. The van der Waals surface area contributed by atoms with Crippen LogP contribution in [0.2, 0.25) is 20.1 Å². The van der Waals surface area contributed by atoms with Crippen molar-refractivity contribution in [2.45, 2.75) is 25.3 Å². The Morgan fingerprint density at radius 3 is 2.35 bits per heavy atom. The first-order valence-electron chi connectivity index (χ1n) is 11.7. The minimum atomic E-state index is -0.0958. The van der Waals surface area contributed by atoms with Crippen LogP contribution >= 0.6 is 74.1 Å². The van der Waals surface area contributed by atoms with Gasteiger partial charge in [-0.1, -0.05) is 98.4 Å². The monoisotopic (exact) mass is 646 g/mol. The van der Waals surface area contributed by atoms with Gasteiger partial charge < -0.3 is 4.90 Å². The molecule has 0 amide bonds. The average molecular weight is 649 g/mol. The summed E-state index contributed by atoms with van der Waals surface area (Å²) in [6.45, 7) is 0. The van der Waals surface area contributed by atoms with Crippen LogP contribution in [-0.2, 0) is 0 Å². The van der Waals surface area contributed by atoms with Crippen molar-refractivity contribution in [3.8, 4) is 0 Å². The Morgan fingerprint density at radius 2 is 1.62 bits per heavy atom. The smallest absolute Gasteiger partial charge is 0.174 e. The molecule has 1 atom stereocenters. The van der Waals surface area contributed by atoms with Crippen LogP contribution in [0.3, 0.4) is 0 Å². The van der Waals surface area contributed by atoms with Gasteiger partial charge in [-0.3, -0.25) is 0 Å². The van der Waals surface area contributed by atoms with E-state index in [-0.39, 0.29) is 6.04 Å². The van der Waals surface area contributed by atoms with Crippen LogP contribution in [0.15, 0.2) is 92.4 Å². The standard InChI is InChI=1S/C29H19BrCl4N2S/c30-19-7-4-16(5-8-19)26-15-37-29-35-27-18(12-17-6-9-20(31)13-24(17)33)2-1-3-23(27)28(36(26)29)22-11-10-21(32)14-25(22)34/h4-15,28H,1-3H2/b18-12+. The molecule has 6 rings (SSSR count). The number of nitrogens with zero attached hydrogens (tertiary/aromatic N) is 2. The largest absolute Gasteiger partial charge is 0.308 e. The average Bonchev–Trinajstić information content (AvgIpc) is 3.29. The molecule has 2 nitrogen and oxygen atoms in total. The Bertz CT molecular complexity index is 1540. The molecular weight excluding hydrogens is 630 g/mol. The molecule has 0 radical (unpaired) electrons. The van der Waals surface area contributed by atoms with Gasteiger partial charge in [0.2, 0.25) is 0 Å². The first kappa shape index (κ1) is 25.6. The molecule has 8 heteroatoms. The summed E-state index contributed by atoms with van der Waals surface area (Å²) in [5.74, 6) is 0. The minimum absolute atomic E-state index is 0.0958. The van der Waals surface area contributed by atoms with E-state index < -0.39 is 0 Å². The van der Waals surface area contributed by atoms with Crippen LogP contribution in [0.4, 0.5) is 0 Å². The van der Waals surface area contributed by atoms with Gasteiger partial charge in [0, 0.05) is 30.0 Å². The van der Waals surface area contributed by atoms with Crippen molar-refractivity contribution >= 4 is 91.0 Å². The van der Waals surface area contributed by atoms with Gasteiger partial charge in [0.25, 0.3) is 0 Å². The molecule has 0 aromatic heterocycles. The molecule has 0 bridgehead atoms. The topological polar surface area (TPSA) is 15.6 Å². The third-order valence-corrected chi connectivity index (χ3v) is 9.22. The lowest BCUT2D eigenvalue weighted by molar-refractivity contribution is 0.458. The lowest BCUT2D eigenvalue weighted by atomic mass is 9.82. The van der Waals surface area contributed by atoms with Gasteiger partial charge in [-0.25, -0.2) is 4.99 Å². The van der Waals surface area contributed by atoms with E-state index in [4.69, 9.17) is 51.4 Å². The Kier molecular flexibility index (Phi) is 7.26. The zero-order valence-electron chi connectivity index (χ0n) is 19.3. The van der Waals surface area contributed by atoms with Crippen molar-refractivity contribution in [2.24, 2.45) is 4.99 Å². The summed E-state index contributed by atoms with van der Waals surface area (Å²) < 4.78 is 1.04. The zero-order chi connectivity index (χ0) is 25.7. The van der Waals surface area contributed by atoms with Crippen LogP contribution < -0.4 is 0 Å². The van der Waals surface area contributed by atoms with Crippen LogP contribution in [0.1, 0.15) is 42.0 Å². The van der Waals surface area contributed by atoms with Gasteiger partial charge in [-0.15, -0.1) is 0 Å². The lowest BCUT2D eigenvalue weighted by Gasteiger charge is -2.40. The van der Waals surface area contributed by atoms with Gasteiger partial charge in [0.15, 0.2) is 5.17 Å². The highest BCUT2D eigenvalue weighted by Crippen LogP contribution is 2.52. The van der Waals surface area contributed by atoms with Crippen molar-refractivity contribution < 1.29 is 0 Å². The molecule has 0 saturated carbocycles.